The quantitative estimate of drug-likeness (QED) is 0.591. The summed E-state index contributed by atoms with van der Waals surface area (Å²) in [7, 11) is 0. The van der Waals surface area contributed by atoms with Crippen LogP contribution in [0.15, 0.2) is 30.3 Å². The third kappa shape index (κ3) is 5.27. The normalized spacial score (nSPS) is 11.3. The predicted molar refractivity (Wildman–Crippen MR) is 109 cm³/mol. The largest absolute Gasteiger partial charge is 0.325 e. The first-order chi connectivity index (χ1) is 11.4. The smallest absolute Gasteiger partial charge is 0.234 e. The molecule has 130 valence electrons. The zero-order valence-electron chi connectivity index (χ0n) is 14.6. The molecule has 0 bridgehead atoms. The van der Waals surface area contributed by atoms with Gasteiger partial charge in [-0.1, -0.05) is 57.5 Å². The van der Waals surface area contributed by atoms with Crippen molar-refractivity contribution in [1.29, 1.82) is 0 Å². The molecule has 0 aliphatic heterocycles. The van der Waals surface area contributed by atoms with Gasteiger partial charge >= 0.3 is 0 Å². The van der Waals surface area contributed by atoms with Gasteiger partial charge in [-0.3, -0.25) is 4.79 Å². The molecule has 0 atom stereocenters. The van der Waals surface area contributed by atoms with Gasteiger partial charge in [-0.25, -0.2) is 0 Å². The zero-order valence-corrected chi connectivity index (χ0v) is 16.9. The van der Waals surface area contributed by atoms with Crippen LogP contribution in [0.4, 0.5) is 5.69 Å². The number of carbonyl (C=O) groups is 1. The molecular formula is C19H24ClNOS2. The Morgan fingerprint density at radius 3 is 2.25 bits per heavy atom. The first-order valence-corrected chi connectivity index (χ1v) is 10.5. The highest BCUT2D eigenvalue weighted by molar-refractivity contribution is 7.99. The summed E-state index contributed by atoms with van der Waals surface area (Å²) in [6.45, 7) is 8.63. The number of hydrogen-bond donors (Lipinski definition) is 1. The molecule has 1 aromatic carbocycles. The van der Waals surface area contributed by atoms with Crippen LogP contribution in [0.3, 0.4) is 0 Å². The third-order valence-corrected chi connectivity index (χ3v) is 6.14. The van der Waals surface area contributed by atoms with Crippen LogP contribution < -0.4 is 5.32 Å². The Hall–Kier alpha value is -0.970. The molecule has 1 N–H and O–H groups in total. The highest BCUT2D eigenvalue weighted by Gasteiger charge is 2.15. The summed E-state index contributed by atoms with van der Waals surface area (Å²) < 4.78 is 0.794. The van der Waals surface area contributed by atoms with E-state index in [9.17, 15) is 4.79 Å². The molecule has 0 aliphatic carbocycles. The molecular weight excluding hydrogens is 358 g/mol. The van der Waals surface area contributed by atoms with Crippen molar-refractivity contribution in [2.75, 3.05) is 11.1 Å². The Morgan fingerprint density at radius 2 is 1.75 bits per heavy atom. The van der Waals surface area contributed by atoms with E-state index < -0.39 is 0 Å². The number of thiophene rings is 1. The van der Waals surface area contributed by atoms with Gasteiger partial charge in [0.25, 0.3) is 0 Å². The van der Waals surface area contributed by atoms with Crippen LogP contribution in [0.5, 0.6) is 0 Å². The van der Waals surface area contributed by atoms with Gasteiger partial charge in [0.1, 0.15) is 0 Å². The number of halogens is 1. The topological polar surface area (TPSA) is 29.1 Å². The van der Waals surface area contributed by atoms with Gasteiger partial charge < -0.3 is 5.32 Å². The van der Waals surface area contributed by atoms with Gasteiger partial charge in [-0.2, -0.15) is 0 Å². The summed E-state index contributed by atoms with van der Waals surface area (Å²) in [4.78, 5) is 13.6. The Bertz CT molecular complexity index is 668. The molecule has 1 heterocycles. The lowest BCUT2D eigenvalue weighted by Gasteiger charge is -2.20. The van der Waals surface area contributed by atoms with Crippen LogP contribution >= 0.6 is 34.7 Å². The van der Waals surface area contributed by atoms with Crippen LogP contribution in [0.25, 0.3) is 0 Å². The summed E-state index contributed by atoms with van der Waals surface area (Å²) in [6.07, 6.45) is 0. The number of carbonyl (C=O) groups excluding carboxylic acids is 1. The zero-order chi connectivity index (χ0) is 17.7. The maximum atomic E-state index is 12.4. The van der Waals surface area contributed by atoms with Crippen molar-refractivity contribution in [2.24, 2.45) is 0 Å². The van der Waals surface area contributed by atoms with Crippen molar-refractivity contribution < 1.29 is 4.79 Å². The Kier molecular flexibility index (Phi) is 7.20. The summed E-state index contributed by atoms with van der Waals surface area (Å²) in [5, 5.41) is 3.15. The van der Waals surface area contributed by atoms with Gasteiger partial charge in [0.2, 0.25) is 5.91 Å². The molecule has 0 saturated carbocycles. The maximum Gasteiger partial charge on any atom is 0.234 e. The molecule has 5 heteroatoms. The third-order valence-electron chi connectivity index (χ3n) is 3.74. The minimum Gasteiger partial charge on any atom is -0.325 e. The number of hydrogen-bond acceptors (Lipinski definition) is 3. The van der Waals surface area contributed by atoms with Crippen LogP contribution in [0.2, 0.25) is 4.34 Å². The van der Waals surface area contributed by atoms with E-state index in [4.69, 9.17) is 11.6 Å². The standard InChI is InChI=1S/C19H24ClNOS2/c1-12(2)15-6-5-7-16(13(3)4)19(15)21-18(22)11-23-10-14-8-9-17(20)24-14/h5-9,12-13H,10-11H2,1-4H3,(H,21,22). The fourth-order valence-electron chi connectivity index (χ4n) is 2.54. The van der Waals surface area contributed by atoms with Crippen LogP contribution in [0.1, 0.15) is 55.5 Å². The Balaban J connectivity index is 2.02. The summed E-state index contributed by atoms with van der Waals surface area (Å²) >= 11 is 9.12. The number of rotatable bonds is 7. The average molecular weight is 382 g/mol. The van der Waals surface area contributed by atoms with E-state index in [-0.39, 0.29) is 5.91 Å². The van der Waals surface area contributed by atoms with Crippen LogP contribution in [0, 0.1) is 0 Å². The van der Waals surface area contributed by atoms with E-state index in [0.717, 1.165) is 15.8 Å². The minimum absolute atomic E-state index is 0.0534. The Morgan fingerprint density at radius 1 is 1.12 bits per heavy atom. The molecule has 1 aromatic heterocycles. The second-order valence-corrected chi connectivity index (χ2v) is 9.15. The van der Waals surface area contributed by atoms with Crippen molar-refractivity contribution in [2.45, 2.75) is 45.3 Å². The van der Waals surface area contributed by atoms with Crippen molar-refractivity contribution in [3.05, 3.63) is 50.7 Å². The number of anilines is 1. The van der Waals surface area contributed by atoms with Gasteiger partial charge in [0, 0.05) is 16.3 Å². The van der Waals surface area contributed by atoms with Crippen molar-refractivity contribution in [3.63, 3.8) is 0 Å². The van der Waals surface area contributed by atoms with E-state index in [2.05, 4.69) is 51.2 Å². The number of para-hydroxylation sites is 1. The number of nitrogens with one attached hydrogen (secondary N) is 1. The number of thioether (sulfide) groups is 1. The van der Waals surface area contributed by atoms with Crippen molar-refractivity contribution >= 4 is 46.3 Å². The van der Waals surface area contributed by atoms with Crippen molar-refractivity contribution in [1.82, 2.24) is 0 Å². The first kappa shape index (κ1) is 19.4. The molecule has 1 amide bonds. The van der Waals surface area contributed by atoms with Gasteiger partial charge in [-0.05, 0) is 35.1 Å². The lowest BCUT2D eigenvalue weighted by molar-refractivity contribution is -0.113. The molecule has 0 spiro atoms. The van der Waals surface area contributed by atoms with Gasteiger partial charge in [-0.15, -0.1) is 23.1 Å². The highest BCUT2D eigenvalue weighted by Crippen LogP contribution is 2.32. The molecule has 0 radical (unpaired) electrons. The van der Waals surface area contributed by atoms with Crippen molar-refractivity contribution in [3.8, 4) is 0 Å². The van der Waals surface area contributed by atoms with Gasteiger partial charge in [0.05, 0.1) is 10.1 Å². The lowest BCUT2D eigenvalue weighted by Crippen LogP contribution is -2.17. The predicted octanol–water partition coefficient (Wildman–Crippen LogP) is 6.52. The molecule has 0 saturated heterocycles. The molecule has 2 nitrogen and oxygen atoms in total. The highest BCUT2D eigenvalue weighted by atomic mass is 35.5. The lowest BCUT2D eigenvalue weighted by atomic mass is 9.92. The first-order valence-electron chi connectivity index (χ1n) is 8.13. The molecule has 24 heavy (non-hydrogen) atoms. The molecule has 0 fully saturated rings. The van der Waals surface area contributed by atoms with Crippen LogP contribution in [-0.2, 0) is 10.5 Å². The van der Waals surface area contributed by atoms with Crippen LogP contribution in [-0.4, -0.2) is 11.7 Å². The average Bonchev–Trinajstić information content (AvgIpc) is 2.92. The Labute approximate surface area is 158 Å². The number of benzene rings is 1. The monoisotopic (exact) mass is 381 g/mol. The maximum absolute atomic E-state index is 12.4. The summed E-state index contributed by atoms with van der Waals surface area (Å²) in [6, 6.07) is 10.2. The van der Waals surface area contributed by atoms with E-state index >= 15 is 0 Å². The second kappa shape index (κ2) is 8.93. The summed E-state index contributed by atoms with van der Waals surface area (Å²) in [5.41, 5.74) is 3.39. The molecule has 2 aromatic rings. The SMILES string of the molecule is CC(C)c1cccc(C(C)C)c1NC(=O)CSCc1ccc(Cl)s1. The summed E-state index contributed by atoms with van der Waals surface area (Å²) in [5.74, 6) is 2.06. The van der Waals surface area contributed by atoms with E-state index in [1.807, 2.05) is 12.1 Å². The fourth-order valence-corrected chi connectivity index (χ4v) is 4.57. The second-order valence-electron chi connectivity index (χ2n) is 6.37. The minimum atomic E-state index is 0.0534. The fraction of sp³-hybridized carbons (Fsp3) is 0.421. The molecule has 0 aliphatic rings. The van der Waals surface area contributed by atoms with Gasteiger partial charge in [0.15, 0.2) is 0 Å². The van der Waals surface area contributed by atoms with E-state index in [1.54, 1.807) is 23.1 Å². The molecule has 2 rings (SSSR count). The number of amides is 1. The molecule has 0 unspecified atom stereocenters. The van der Waals surface area contributed by atoms with E-state index in [1.165, 1.54) is 16.0 Å². The van der Waals surface area contributed by atoms with E-state index in [0.29, 0.717) is 17.6 Å².